The molecule has 0 aromatic heterocycles. The molecule has 0 saturated heterocycles. The lowest BCUT2D eigenvalue weighted by Crippen LogP contribution is -2.49. The van der Waals surface area contributed by atoms with Gasteiger partial charge in [0, 0.05) is 26.2 Å². The molecule has 6 nitrogen and oxygen atoms in total. The molecule has 2 unspecified atom stereocenters. The van der Waals surface area contributed by atoms with Crippen LogP contribution in [0.1, 0.15) is 26.2 Å². The highest BCUT2D eigenvalue weighted by molar-refractivity contribution is 7.87. The van der Waals surface area contributed by atoms with Crippen molar-refractivity contribution in [2.45, 2.75) is 32.2 Å². The average molecular weight is 279 g/mol. The van der Waals surface area contributed by atoms with Crippen LogP contribution in [-0.4, -0.2) is 52.1 Å². The zero-order valence-corrected chi connectivity index (χ0v) is 12.1. The maximum atomic E-state index is 12.2. The molecule has 7 heteroatoms. The molecule has 18 heavy (non-hydrogen) atoms. The van der Waals surface area contributed by atoms with E-state index in [0.717, 1.165) is 19.3 Å². The van der Waals surface area contributed by atoms with Crippen LogP contribution in [0.3, 0.4) is 0 Å². The second-order valence-electron chi connectivity index (χ2n) is 4.59. The maximum Gasteiger partial charge on any atom is 0.279 e. The lowest BCUT2D eigenvalue weighted by molar-refractivity contribution is 0.202. The van der Waals surface area contributed by atoms with Crippen molar-refractivity contribution in [2.75, 3.05) is 33.4 Å². The molecular weight excluding hydrogens is 254 g/mol. The molecular formula is C11H25N3O3S. The van der Waals surface area contributed by atoms with Gasteiger partial charge in [-0.3, -0.25) is 0 Å². The van der Waals surface area contributed by atoms with Crippen LogP contribution in [0.5, 0.6) is 0 Å². The van der Waals surface area contributed by atoms with Gasteiger partial charge in [0.05, 0.1) is 6.61 Å². The number of methoxy groups -OCH3 is 1. The number of nitrogens with zero attached hydrogens (tertiary/aromatic N) is 1. The first-order valence-electron chi connectivity index (χ1n) is 6.52. The smallest absolute Gasteiger partial charge is 0.279 e. The summed E-state index contributed by atoms with van der Waals surface area (Å²) in [6.45, 7) is 3.57. The highest BCUT2D eigenvalue weighted by Crippen LogP contribution is 2.30. The summed E-state index contributed by atoms with van der Waals surface area (Å²) >= 11 is 0. The molecule has 0 heterocycles. The standard InChI is InChI=1S/C11H25N3O3S/c1-3-14(11-6-4-5-10(11)9-12)18(15,16)13-7-8-17-2/h10-11,13H,3-9,12H2,1-2H3. The predicted molar refractivity (Wildman–Crippen MR) is 71.4 cm³/mol. The third-order valence-corrected chi connectivity index (χ3v) is 5.22. The van der Waals surface area contributed by atoms with Gasteiger partial charge < -0.3 is 10.5 Å². The molecule has 3 N–H and O–H groups in total. The van der Waals surface area contributed by atoms with Crippen molar-refractivity contribution in [3.63, 3.8) is 0 Å². The molecule has 0 spiro atoms. The molecule has 0 aromatic rings. The predicted octanol–water partition coefficient (Wildman–Crippen LogP) is -0.0835. The summed E-state index contributed by atoms with van der Waals surface area (Å²) in [4.78, 5) is 0. The molecule has 1 saturated carbocycles. The molecule has 1 rings (SSSR count). The van der Waals surface area contributed by atoms with E-state index in [1.807, 2.05) is 6.92 Å². The second kappa shape index (κ2) is 7.40. The molecule has 1 aliphatic carbocycles. The molecule has 1 aliphatic rings. The van der Waals surface area contributed by atoms with Crippen LogP contribution in [-0.2, 0) is 14.9 Å². The van der Waals surface area contributed by atoms with E-state index in [1.165, 1.54) is 0 Å². The summed E-state index contributed by atoms with van der Waals surface area (Å²) in [5.41, 5.74) is 5.72. The number of hydrogen-bond donors (Lipinski definition) is 2. The van der Waals surface area contributed by atoms with Gasteiger partial charge >= 0.3 is 0 Å². The van der Waals surface area contributed by atoms with Crippen LogP contribution in [0.15, 0.2) is 0 Å². The second-order valence-corrected chi connectivity index (χ2v) is 6.30. The molecule has 0 aliphatic heterocycles. The lowest BCUT2D eigenvalue weighted by atomic mass is 10.0. The minimum atomic E-state index is -3.42. The van der Waals surface area contributed by atoms with Crippen molar-refractivity contribution in [3.8, 4) is 0 Å². The van der Waals surface area contributed by atoms with Gasteiger partial charge in [-0.2, -0.15) is 17.4 Å². The minimum absolute atomic E-state index is 0.0417. The van der Waals surface area contributed by atoms with E-state index >= 15 is 0 Å². The summed E-state index contributed by atoms with van der Waals surface area (Å²) in [7, 11) is -1.87. The minimum Gasteiger partial charge on any atom is -0.383 e. The first-order valence-corrected chi connectivity index (χ1v) is 7.96. The zero-order valence-electron chi connectivity index (χ0n) is 11.3. The maximum absolute atomic E-state index is 12.2. The van der Waals surface area contributed by atoms with Crippen molar-refractivity contribution >= 4 is 10.2 Å². The molecule has 1 fully saturated rings. The van der Waals surface area contributed by atoms with Crippen molar-refractivity contribution < 1.29 is 13.2 Å². The largest absolute Gasteiger partial charge is 0.383 e. The Morgan fingerprint density at radius 3 is 2.72 bits per heavy atom. The summed E-state index contributed by atoms with van der Waals surface area (Å²) in [6.07, 6.45) is 2.97. The van der Waals surface area contributed by atoms with Crippen molar-refractivity contribution in [1.82, 2.24) is 9.03 Å². The molecule has 0 radical (unpaired) electrons. The number of ether oxygens (including phenoxy) is 1. The van der Waals surface area contributed by atoms with Gasteiger partial charge in [-0.05, 0) is 25.3 Å². The van der Waals surface area contributed by atoms with E-state index < -0.39 is 10.2 Å². The van der Waals surface area contributed by atoms with Crippen LogP contribution < -0.4 is 10.5 Å². The Kier molecular flexibility index (Phi) is 6.51. The van der Waals surface area contributed by atoms with Gasteiger partial charge in [-0.25, -0.2) is 0 Å². The SMILES string of the molecule is CCN(C1CCCC1CN)S(=O)(=O)NCCOC. The number of hydrogen-bond acceptors (Lipinski definition) is 4. The third-order valence-electron chi connectivity index (χ3n) is 3.50. The van der Waals surface area contributed by atoms with Crippen LogP contribution >= 0.6 is 0 Å². The monoisotopic (exact) mass is 279 g/mol. The molecule has 2 atom stereocenters. The first-order chi connectivity index (χ1) is 8.56. The first kappa shape index (κ1) is 15.8. The lowest BCUT2D eigenvalue weighted by Gasteiger charge is -2.30. The molecule has 108 valence electrons. The Morgan fingerprint density at radius 2 is 2.17 bits per heavy atom. The highest BCUT2D eigenvalue weighted by Gasteiger charge is 2.36. The van der Waals surface area contributed by atoms with Crippen LogP contribution in [0, 0.1) is 5.92 Å². The third kappa shape index (κ3) is 3.89. The Balaban J connectivity index is 2.69. The Hall–Kier alpha value is -0.210. The fraction of sp³-hybridized carbons (Fsp3) is 1.00. The summed E-state index contributed by atoms with van der Waals surface area (Å²) in [6, 6.07) is 0.0417. The van der Waals surface area contributed by atoms with E-state index in [-0.39, 0.29) is 12.0 Å². The van der Waals surface area contributed by atoms with Crippen LogP contribution in [0.4, 0.5) is 0 Å². The Bertz CT molecular complexity index is 334. The van der Waals surface area contributed by atoms with E-state index in [4.69, 9.17) is 10.5 Å². The number of rotatable bonds is 8. The van der Waals surface area contributed by atoms with Gasteiger partial charge in [-0.1, -0.05) is 13.3 Å². The topological polar surface area (TPSA) is 84.7 Å². The average Bonchev–Trinajstić information content (AvgIpc) is 2.78. The Labute approximate surface area is 110 Å². The molecule has 0 bridgehead atoms. The zero-order chi connectivity index (χ0) is 13.6. The van der Waals surface area contributed by atoms with Gasteiger partial charge in [0.1, 0.15) is 0 Å². The van der Waals surface area contributed by atoms with Gasteiger partial charge in [0.2, 0.25) is 0 Å². The van der Waals surface area contributed by atoms with Gasteiger partial charge in [0.25, 0.3) is 10.2 Å². The number of nitrogens with one attached hydrogen (secondary N) is 1. The summed E-state index contributed by atoms with van der Waals surface area (Å²) in [5.74, 6) is 0.281. The van der Waals surface area contributed by atoms with Gasteiger partial charge in [0.15, 0.2) is 0 Å². The number of nitrogens with two attached hydrogens (primary N) is 1. The summed E-state index contributed by atoms with van der Waals surface area (Å²) in [5, 5.41) is 0. The van der Waals surface area contributed by atoms with Crippen LogP contribution in [0.25, 0.3) is 0 Å². The highest BCUT2D eigenvalue weighted by atomic mass is 32.2. The van der Waals surface area contributed by atoms with Crippen molar-refractivity contribution in [1.29, 1.82) is 0 Å². The molecule has 0 aromatic carbocycles. The summed E-state index contributed by atoms with van der Waals surface area (Å²) < 4.78 is 33.4. The quantitative estimate of drug-likeness (QED) is 0.609. The Morgan fingerprint density at radius 1 is 1.44 bits per heavy atom. The van der Waals surface area contributed by atoms with Crippen molar-refractivity contribution in [3.05, 3.63) is 0 Å². The van der Waals surface area contributed by atoms with Crippen LogP contribution in [0.2, 0.25) is 0 Å². The van der Waals surface area contributed by atoms with E-state index in [9.17, 15) is 8.42 Å². The van der Waals surface area contributed by atoms with Gasteiger partial charge in [-0.15, -0.1) is 0 Å². The van der Waals surface area contributed by atoms with Crippen molar-refractivity contribution in [2.24, 2.45) is 11.7 Å². The fourth-order valence-electron chi connectivity index (χ4n) is 2.61. The van der Waals surface area contributed by atoms with E-state index in [0.29, 0.717) is 26.2 Å². The fourth-order valence-corrected chi connectivity index (χ4v) is 4.09. The molecule has 0 amide bonds. The van der Waals surface area contributed by atoms with E-state index in [1.54, 1.807) is 11.4 Å². The van der Waals surface area contributed by atoms with E-state index in [2.05, 4.69) is 4.72 Å². The normalized spacial score (nSPS) is 24.9.